The van der Waals surface area contributed by atoms with Gasteiger partial charge in [0.15, 0.2) is 0 Å². The third-order valence-corrected chi connectivity index (χ3v) is 3.69. The van der Waals surface area contributed by atoms with Crippen molar-refractivity contribution < 1.29 is 4.39 Å². The number of nitrogens with zero attached hydrogens (tertiary/aromatic N) is 2. The topological polar surface area (TPSA) is 27.0 Å². The number of hydrogen-bond acceptors (Lipinski definition) is 3. The van der Waals surface area contributed by atoms with Gasteiger partial charge in [0.1, 0.15) is 5.82 Å². The number of benzene rings is 1. The molecule has 0 bridgehead atoms. The summed E-state index contributed by atoms with van der Waals surface area (Å²) in [5.41, 5.74) is 0.997. The van der Waals surface area contributed by atoms with Crippen molar-refractivity contribution in [1.29, 1.82) is 5.26 Å². The molecule has 0 atom stereocenters. The fourth-order valence-corrected chi connectivity index (χ4v) is 2.76. The first-order valence-electron chi connectivity index (χ1n) is 5.24. The van der Waals surface area contributed by atoms with Gasteiger partial charge in [-0.25, -0.2) is 4.39 Å². The number of hydrogen-bond donors (Lipinski definition) is 0. The van der Waals surface area contributed by atoms with Crippen LogP contribution in [0.2, 0.25) is 4.34 Å². The molecule has 0 spiro atoms. The Labute approximate surface area is 114 Å². The molecule has 0 fully saturated rings. The van der Waals surface area contributed by atoms with E-state index in [1.807, 2.05) is 30.1 Å². The lowest BCUT2D eigenvalue weighted by Crippen LogP contribution is -2.15. The highest BCUT2D eigenvalue weighted by molar-refractivity contribution is 7.16. The third-order valence-electron chi connectivity index (χ3n) is 2.47. The van der Waals surface area contributed by atoms with Gasteiger partial charge in [-0.2, -0.15) is 5.26 Å². The van der Waals surface area contributed by atoms with Crippen LogP contribution < -0.4 is 4.90 Å². The number of rotatable bonds is 3. The zero-order valence-electron chi connectivity index (χ0n) is 9.65. The number of anilines is 1. The molecule has 0 radical (unpaired) electrons. The van der Waals surface area contributed by atoms with Crippen LogP contribution in [0.15, 0.2) is 30.3 Å². The predicted octanol–water partition coefficient (Wildman–Crippen LogP) is 4.05. The van der Waals surface area contributed by atoms with Gasteiger partial charge in [0.2, 0.25) is 0 Å². The van der Waals surface area contributed by atoms with Gasteiger partial charge in [-0.05, 0) is 30.3 Å². The molecule has 2 rings (SSSR count). The fraction of sp³-hybridized carbons (Fsp3) is 0.154. The first kappa shape index (κ1) is 12.9. The minimum atomic E-state index is -0.403. The maximum atomic E-state index is 13.3. The van der Waals surface area contributed by atoms with E-state index in [0.29, 0.717) is 17.8 Å². The monoisotopic (exact) mass is 280 g/mol. The summed E-state index contributed by atoms with van der Waals surface area (Å²) in [6, 6.07) is 10.0. The van der Waals surface area contributed by atoms with E-state index in [2.05, 4.69) is 0 Å². The molecule has 0 saturated heterocycles. The molecule has 0 amide bonds. The highest BCUT2D eigenvalue weighted by Crippen LogP contribution is 2.25. The average molecular weight is 281 g/mol. The van der Waals surface area contributed by atoms with Crippen molar-refractivity contribution in [2.75, 3.05) is 11.9 Å². The molecule has 92 valence electrons. The maximum absolute atomic E-state index is 13.3. The molecular formula is C13H10ClFN2S. The first-order valence-corrected chi connectivity index (χ1v) is 6.44. The van der Waals surface area contributed by atoms with Crippen LogP contribution in [-0.2, 0) is 6.54 Å². The van der Waals surface area contributed by atoms with Crippen molar-refractivity contribution in [2.45, 2.75) is 6.54 Å². The molecule has 5 heteroatoms. The molecule has 0 N–H and O–H groups in total. The highest BCUT2D eigenvalue weighted by Gasteiger charge is 2.07. The van der Waals surface area contributed by atoms with E-state index in [4.69, 9.17) is 16.9 Å². The third kappa shape index (κ3) is 3.00. The molecular weight excluding hydrogens is 271 g/mol. The van der Waals surface area contributed by atoms with Crippen LogP contribution in [0.25, 0.3) is 0 Å². The summed E-state index contributed by atoms with van der Waals surface area (Å²) in [7, 11) is 1.85. The molecule has 1 aromatic carbocycles. The highest BCUT2D eigenvalue weighted by atomic mass is 35.5. The molecule has 18 heavy (non-hydrogen) atoms. The summed E-state index contributed by atoms with van der Waals surface area (Å²) in [4.78, 5) is 2.97. The second kappa shape index (κ2) is 5.38. The Morgan fingerprint density at radius 3 is 2.78 bits per heavy atom. The van der Waals surface area contributed by atoms with Gasteiger partial charge in [0.25, 0.3) is 0 Å². The van der Waals surface area contributed by atoms with E-state index < -0.39 is 5.82 Å². The van der Waals surface area contributed by atoms with Crippen LogP contribution >= 0.6 is 22.9 Å². The average Bonchev–Trinajstić information content (AvgIpc) is 2.73. The van der Waals surface area contributed by atoms with Gasteiger partial charge in [0.05, 0.1) is 22.5 Å². The SMILES string of the molecule is CN(Cc1ccc(Cl)s1)c1cc(F)cc(C#N)c1. The number of halogens is 2. The van der Waals surface area contributed by atoms with E-state index in [0.717, 1.165) is 9.21 Å². The Balaban J connectivity index is 2.21. The van der Waals surface area contributed by atoms with Crippen LogP contribution in [0.3, 0.4) is 0 Å². The van der Waals surface area contributed by atoms with Crippen molar-refractivity contribution in [3.8, 4) is 6.07 Å². The molecule has 0 saturated carbocycles. The molecule has 0 aliphatic rings. The Kier molecular flexibility index (Phi) is 3.85. The van der Waals surface area contributed by atoms with Crippen molar-refractivity contribution in [2.24, 2.45) is 0 Å². The van der Waals surface area contributed by atoms with Gasteiger partial charge in [-0.1, -0.05) is 11.6 Å². The summed E-state index contributed by atoms with van der Waals surface area (Å²) < 4.78 is 14.1. The van der Waals surface area contributed by atoms with E-state index in [1.165, 1.54) is 23.5 Å². The normalized spacial score (nSPS) is 10.1. The Hall–Kier alpha value is -1.57. The lowest BCUT2D eigenvalue weighted by atomic mass is 10.2. The molecule has 0 aliphatic heterocycles. The van der Waals surface area contributed by atoms with Gasteiger partial charge in [-0.3, -0.25) is 0 Å². The molecule has 0 unspecified atom stereocenters. The standard InChI is InChI=1S/C13H10ClFN2S/c1-17(8-12-2-3-13(14)18-12)11-5-9(7-16)4-10(15)6-11/h2-6H,8H2,1H3. The lowest BCUT2D eigenvalue weighted by molar-refractivity contribution is 0.626. The van der Waals surface area contributed by atoms with Crippen molar-refractivity contribution in [3.63, 3.8) is 0 Å². The Bertz CT molecular complexity index is 603. The predicted molar refractivity (Wildman–Crippen MR) is 72.6 cm³/mol. The van der Waals surface area contributed by atoms with E-state index in [1.54, 1.807) is 6.07 Å². The Morgan fingerprint density at radius 1 is 1.39 bits per heavy atom. The molecule has 2 nitrogen and oxygen atoms in total. The summed E-state index contributed by atoms with van der Waals surface area (Å²) in [6.45, 7) is 0.631. The zero-order chi connectivity index (χ0) is 13.1. The number of nitriles is 1. The van der Waals surface area contributed by atoms with Gasteiger partial charge >= 0.3 is 0 Å². The second-order valence-corrected chi connectivity index (χ2v) is 5.67. The van der Waals surface area contributed by atoms with Crippen molar-refractivity contribution >= 4 is 28.6 Å². The fourth-order valence-electron chi connectivity index (χ4n) is 1.62. The number of thiophene rings is 1. The lowest BCUT2D eigenvalue weighted by Gasteiger charge is -2.18. The van der Waals surface area contributed by atoms with Gasteiger partial charge in [-0.15, -0.1) is 11.3 Å². The van der Waals surface area contributed by atoms with Crippen LogP contribution in [-0.4, -0.2) is 7.05 Å². The summed E-state index contributed by atoms with van der Waals surface area (Å²) in [5.74, 6) is -0.403. The largest absolute Gasteiger partial charge is 0.369 e. The van der Waals surface area contributed by atoms with Crippen LogP contribution in [0.1, 0.15) is 10.4 Å². The quantitative estimate of drug-likeness (QED) is 0.848. The maximum Gasteiger partial charge on any atom is 0.126 e. The Morgan fingerprint density at radius 2 is 2.17 bits per heavy atom. The van der Waals surface area contributed by atoms with Crippen LogP contribution in [0.4, 0.5) is 10.1 Å². The minimum absolute atomic E-state index is 0.320. The van der Waals surface area contributed by atoms with E-state index in [9.17, 15) is 4.39 Å². The summed E-state index contributed by atoms with van der Waals surface area (Å²) in [5, 5.41) is 8.81. The van der Waals surface area contributed by atoms with Crippen LogP contribution in [0, 0.1) is 17.1 Å². The minimum Gasteiger partial charge on any atom is -0.369 e. The van der Waals surface area contributed by atoms with Crippen molar-refractivity contribution in [1.82, 2.24) is 0 Å². The van der Waals surface area contributed by atoms with Gasteiger partial charge in [0, 0.05) is 17.6 Å². The zero-order valence-corrected chi connectivity index (χ0v) is 11.2. The summed E-state index contributed by atoms with van der Waals surface area (Å²) >= 11 is 7.35. The smallest absolute Gasteiger partial charge is 0.126 e. The van der Waals surface area contributed by atoms with Gasteiger partial charge < -0.3 is 4.90 Å². The van der Waals surface area contributed by atoms with Crippen molar-refractivity contribution in [3.05, 3.63) is 50.9 Å². The second-order valence-electron chi connectivity index (χ2n) is 3.87. The molecule has 1 aromatic heterocycles. The molecule has 1 heterocycles. The van der Waals surface area contributed by atoms with Crippen LogP contribution in [0.5, 0.6) is 0 Å². The van der Waals surface area contributed by atoms with E-state index in [-0.39, 0.29) is 0 Å². The molecule has 0 aliphatic carbocycles. The first-order chi connectivity index (χ1) is 8.58. The summed E-state index contributed by atoms with van der Waals surface area (Å²) in [6.07, 6.45) is 0. The molecule has 2 aromatic rings. The van der Waals surface area contributed by atoms with E-state index >= 15 is 0 Å².